The first kappa shape index (κ1) is 16.3. The number of anilines is 1. The van der Waals surface area contributed by atoms with E-state index in [4.69, 9.17) is 5.73 Å². The Balaban J connectivity index is 1.67. The van der Waals surface area contributed by atoms with Gasteiger partial charge in [-0.05, 0) is 37.1 Å². The van der Waals surface area contributed by atoms with Gasteiger partial charge in [-0.2, -0.15) is 5.10 Å². The quantitative estimate of drug-likeness (QED) is 0.638. The third-order valence-electron chi connectivity index (χ3n) is 3.37. The fraction of sp³-hybridized carbons (Fsp3) is 0.250. The average Bonchev–Trinajstić information content (AvgIpc) is 3.25. The first-order chi connectivity index (χ1) is 11.7. The van der Waals surface area contributed by atoms with E-state index < -0.39 is 0 Å². The summed E-state index contributed by atoms with van der Waals surface area (Å²) >= 11 is 1.43. The minimum absolute atomic E-state index is 0.147. The molecule has 0 aliphatic carbocycles. The van der Waals surface area contributed by atoms with Crippen LogP contribution in [0.25, 0.3) is 11.4 Å². The van der Waals surface area contributed by atoms with Crippen LogP contribution in [0.3, 0.4) is 0 Å². The topological polar surface area (TPSA) is 110 Å². The monoisotopic (exact) mass is 342 g/mol. The van der Waals surface area contributed by atoms with Gasteiger partial charge < -0.3 is 11.1 Å². The number of carbonyl (C=O) groups is 1. The number of aryl methyl sites for hydroxylation is 1. The van der Waals surface area contributed by atoms with E-state index in [0.717, 1.165) is 23.4 Å². The van der Waals surface area contributed by atoms with Gasteiger partial charge in [-0.1, -0.05) is 6.92 Å². The summed E-state index contributed by atoms with van der Waals surface area (Å²) < 4.78 is 0. The maximum absolute atomic E-state index is 12.2. The molecule has 0 unspecified atom stereocenters. The molecule has 124 valence electrons. The van der Waals surface area contributed by atoms with Gasteiger partial charge in [-0.3, -0.25) is 9.89 Å². The van der Waals surface area contributed by atoms with Crippen molar-refractivity contribution >= 4 is 22.9 Å². The van der Waals surface area contributed by atoms with Crippen molar-refractivity contribution in [2.45, 2.75) is 26.3 Å². The summed E-state index contributed by atoms with van der Waals surface area (Å²) in [7, 11) is 0. The standard InChI is InChI=1S/C16H18N6OS/c1-2-3-14-18-9-12(24-14)16(23)19-11-6-4-10(5-7-11)15-20-13(8-17)21-22-15/h4-7,9H,2-3,8,17H2,1H3,(H,19,23)(H,20,21,22). The zero-order valence-corrected chi connectivity index (χ0v) is 14.1. The third-order valence-corrected chi connectivity index (χ3v) is 4.42. The van der Waals surface area contributed by atoms with Crippen molar-refractivity contribution in [3.63, 3.8) is 0 Å². The molecule has 0 aliphatic rings. The minimum Gasteiger partial charge on any atom is -0.324 e. The maximum atomic E-state index is 12.2. The Labute approximate surface area is 143 Å². The summed E-state index contributed by atoms with van der Waals surface area (Å²) in [4.78, 5) is 21.4. The van der Waals surface area contributed by atoms with E-state index in [0.29, 0.717) is 28.8 Å². The van der Waals surface area contributed by atoms with Gasteiger partial charge in [0.25, 0.3) is 5.91 Å². The first-order valence-electron chi connectivity index (χ1n) is 7.67. The normalized spacial score (nSPS) is 10.8. The van der Waals surface area contributed by atoms with Gasteiger partial charge in [0, 0.05) is 11.3 Å². The van der Waals surface area contributed by atoms with Crippen LogP contribution in [0.5, 0.6) is 0 Å². The molecule has 1 aromatic carbocycles. The van der Waals surface area contributed by atoms with Crippen LogP contribution in [0.4, 0.5) is 5.69 Å². The zero-order chi connectivity index (χ0) is 16.9. The fourth-order valence-electron chi connectivity index (χ4n) is 2.16. The second-order valence-electron chi connectivity index (χ2n) is 5.21. The van der Waals surface area contributed by atoms with E-state index in [1.165, 1.54) is 11.3 Å². The Morgan fingerprint density at radius 3 is 2.79 bits per heavy atom. The highest BCUT2D eigenvalue weighted by molar-refractivity contribution is 7.13. The van der Waals surface area contributed by atoms with Crippen LogP contribution in [0, 0.1) is 0 Å². The van der Waals surface area contributed by atoms with Gasteiger partial charge in [0.05, 0.1) is 17.7 Å². The molecule has 3 rings (SSSR count). The molecule has 2 heterocycles. The molecule has 0 bridgehead atoms. The zero-order valence-electron chi connectivity index (χ0n) is 13.2. The number of thiazole rings is 1. The molecule has 4 N–H and O–H groups in total. The number of carbonyl (C=O) groups excluding carboxylic acids is 1. The second-order valence-corrected chi connectivity index (χ2v) is 6.32. The number of benzene rings is 1. The van der Waals surface area contributed by atoms with Crippen LogP contribution in [0.15, 0.2) is 30.5 Å². The van der Waals surface area contributed by atoms with Gasteiger partial charge in [-0.25, -0.2) is 9.97 Å². The Hall–Kier alpha value is -2.58. The van der Waals surface area contributed by atoms with Crippen molar-refractivity contribution in [2.24, 2.45) is 5.73 Å². The summed E-state index contributed by atoms with van der Waals surface area (Å²) in [5.41, 5.74) is 7.08. The van der Waals surface area contributed by atoms with Gasteiger partial charge in [0.15, 0.2) is 5.82 Å². The number of hydrogen-bond donors (Lipinski definition) is 3. The number of aromatic nitrogens is 4. The van der Waals surface area contributed by atoms with Gasteiger partial charge in [-0.15, -0.1) is 11.3 Å². The van der Waals surface area contributed by atoms with Crippen molar-refractivity contribution in [3.8, 4) is 11.4 Å². The molecule has 7 nitrogen and oxygen atoms in total. The second kappa shape index (κ2) is 7.33. The summed E-state index contributed by atoms with van der Waals surface area (Å²) in [5, 5.41) is 10.7. The van der Waals surface area contributed by atoms with Crippen LogP contribution < -0.4 is 11.1 Å². The minimum atomic E-state index is -0.147. The fourth-order valence-corrected chi connectivity index (χ4v) is 3.07. The van der Waals surface area contributed by atoms with E-state index >= 15 is 0 Å². The molecule has 0 fully saturated rings. The highest BCUT2D eigenvalue weighted by Crippen LogP contribution is 2.20. The number of nitrogens with zero attached hydrogens (tertiary/aromatic N) is 3. The number of nitrogens with two attached hydrogens (primary N) is 1. The van der Waals surface area contributed by atoms with Crippen LogP contribution in [-0.4, -0.2) is 26.1 Å². The van der Waals surface area contributed by atoms with Crippen LogP contribution in [0.1, 0.15) is 33.8 Å². The Morgan fingerprint density at radius 2 is 2.12 bits per heavy atom. The predicted octanol–water partition coefficient (Wildman–Crippen LogP) is 2.59. The largest absolute Gasteiger partial charge is 0.324 e. The average molecular weight is 342 g/mol. The number of rotatable bonds is 6. The van der Waals surface area contributed by atoms with Crippen LogP contribution in [-0.2, 0) is 13.0 Å². The molecule has 1 amide bonds. The molecule has 24 heavy (non-hydrogen) atoms. The molecule has 0 atom stereocenters. The van der Waals surface area contributed by atoms with Gasteiger partial charge in [0.1, 0.15) is 10.7 Å². The lowest BCUT2D eigenvalue weighted by Crippen LogP contribution is -2.09. The molecule has 8 heteroatoms. The third kappa shape index (κ3) is 3.66. The molecule has 0 radical (unpaired) electrons. The molecule has 0 aliphatic heterocycles. The Kier molecular flexibility index (Phi) is 4.97. The van der Waals surface area contributed by atoms with Crippen LogP contribution in [0.2, 0.25) is 0 Å². The SMILES string of the molecule is CCCc1ncc(C(=O)Nc2ccc(-c3n[nH]c(CN)n3)cc2)s1. The highest BCUT2D eigenvalue weighted by atomic mass is 32.1. The van der Waals surface area contributed by atoms with Crippen LogP contribution >= 0.6 is 11.3 Å². The lowest BCUT2D eigenvalue weighted by Gasteiger charge is -2.03. The number of hydrogen-bond acceptors (Lipinski definition) is 6. The van der Waals surface area contributed by atoms with E-state index in [1.807, 2.05) is 24.3 Å². The maximum Gasteiger partial charge on any atom is 0.267 e. The lowest BCUT2D eigenvalue weighted by atomic mass is 10.2. The smallest absolute Gasteiger partial charge is 0.267 e. The summed E-state index contributed by atoms with van der Waals surface area (Å²) in [6, 6.07) is 7.35. The molecular formula is C16H18N6OS. The number of H-pyrrole nitrogens is 1. The Morgan fingerprint density at radius 1 is 1.33 bits per heavy atom. The predicted molar refractivity (Wildman–Crippen MR) is 93.8 cm³/mol. The van der Waals surface area contributed by atoms with Crippen molar-refractivity contribution in [1.29, 1.82) is 0 Å². The van der Waals surface area contributed by atoms with E-state index in [9.17, 15) is 4.79 Å². The molecule has 0 saturated heterocycles. The van der Waals surface area contributed by atoms with E-state index in [1.54, 1.807) is 6.20 Å². The molecule has 0 saturated carbocycles. The molecular weight excluding hydrogens is 324 g/mol. The van der Waals surface area contributed by atoms with Gasteiger partial charge in [0.2, 0.25) is 0 Å². The Bertz CT molecular complexity index is 823. The first-order valence-corrected chi connectivity index (χ1v) is 8.49. The lowest BCUT2D eigenvalue weighted by molar-refractivity contribution is 0.103. The summed E-state index contributed by atoms with van der Waals surface area (Å²) in [6.45, 7) is 2.41. The number of aromatic amines is 1. The van der Waals surface area contributed by atoms with Crippen molar-refractivity contribution < 1.29 is 4.79 Å². The molecule has 3 aromatic rings. The molecule has 0 spiro atoms. The molecule has 2 aromatic heterocycles. The van der Waals surface area contributed by atoms with E-state index in [-0.39, 0.29) is 5.91 Å². The number of nitrogens with one attached hydrogen (secondary N) is 2. The van der Waals surface area contributed by atoms with E-state index in [2.05, 4.69) is 32.4 Å². The highest BCUT2D eigenvalue weighted by Gasteiger charge is 2.11. The van der Waals surface area contributed by atoms with Gasteiger partial charge >= 0.3 is 0 Å². The van der Waals surface area contributed by atoms with Crippen molar-refractivity contribution in [1.82, 2.24) is 20.2 Å². The van der Waals surface area contributed by atoms with Crippen molar-refractivity contribution in [2.75, 3.05) is 5.32 Å². The summed E-state index contributed by atoms with van der Waals surface area (Å²) in [6.07, 6.45) is 3.54. The number of amides is 1. The van der Waals surface area contributed by atoms with Crippen molar-refractivity contribution in [3.05, 3.63) is 46.2 Å². The summed E-state index contributed by atoms with van der Waals surface area (Å²) in [5.74, 6) is 1.07.